The minimum Gasteiger partial charge on any atom is -0.341 e. The van der Waals surface area contributed by atoms with Gasteiger partial charge in [-0.25, -0.2) is 18.7 Å². The number of benzene rings is 1. The zero-order chi connectivity index (χ0) is 17.1. The molecule has 0 atom stereocenters. The van der Waals surface area contributed by atoms with Crippen molar-refractivity contribution >= 4 is 17.2 Å². The molecule has 0 spiro atoms. The molecule has 0 aliphatic carbocycles. The van der Waals surface area contributed by atoms with Crippen LogP contribution in [0.4, 0.5) is 8.78 Å². The van der Waals surface area contributed by atoms with E-state index >= 15 is 0 Å². The van der Waals surface area contributed by atoms with Gasteiger partial charge in [-0.2, -0.15) is 5.10 Å². The number of halogens is 2. The Bertz CT molecular complexity index is 849. The lowest BCUT2D eigenvalue weighted by molar-refractivity contribution is -0.129. The number of aromatic amines is 1. The van der Waals surface area contributed by atoms with Crippen LogP contribution in [0.2, 0.25) is 0 Å². The monoisotopic (exact) mass is 349 g/mol. The average molecular weight is 349 g/mol. The van der Waals surface area contributed by atoms with Gasteiger partial charge in [0.15, 0.2) is 10.8 Å². The zero-order valence-corrected chi connectivity index (χ0v) is 13.5. The number of hydrogen-bond acceptors (Lipinski definition) is 5. The van der Waals surface area contributed by atoms with Gasteiger partial charge in [-0.05, 0) is 6.07 Å². The first-order valence-electron chi connectivity index (χ1n) is 7.01. The fourth-order valence-electron chi connectivity index (χ4n) is 2.09. The van der Waals surface area contributed by atoms with Crippen LogP contribution in [0.5, 0.6) is 0 Å². The molecule has 9 heteroatoms. The van der Waals surface area contributed by atoms with Gasteiger partial charge in [0.25, 0.3) is 0 Å². The van der Waals surface area contributed by atoms with E-state index in [1.165, 1.54) is 34.7 Å². The molecule has 0 unspecified atom stereocenters. The average Bonchev–Trinajstić information content (AvgIpc) is 3.20. The molecular formula is C15H13F2N5OS. The van der Waals surface area contributed by atoms with Crippen molar-refractivity contribution in [1.29, 1.82) is 0 Å². The fourth-order valence-corrected chi connectivity index (χ4v) is 2.85. The summed E-state index contributed by atoms with van der Waals surface area (Å²) in [5.41, 5.74) is 0.857. The third-order valence-corrected chi connectivity index (χ3v) is 4.25. The highest BCUT2D eigenvalue weighted by Gasteiger charge is 2.15. The minimum absolute atomic E-state index is 0.0596. The predicted molar refractivity (Wildman–Crippen MR) is 84.0 cm³/mol. The number of aromatic nitrogens is 4. The summed E-state index contributed by atoms with van der Waals surface area (Å²) in [5.74, 6) is -0.989. The summed E-state index contributed by atoms with van der Waals surface area (Å²) < 4.78 is 26.6. The highest BCUT2D eigenvalue weighted by atomic mass is 32.1. The highest BCUT2D eigenvalue weighted by Crippen LogP contribution is 2.20. The van der Waals surface area contributed by atoms with Crippen LogP contribution in [0.3, 0.4) is 0 Å². The molecule has 0 saturated heterocycles. The van der Waals surface area contributed by atoms with Crippen molar-refractivity contribution in [3.63, 3.8) is 0 Å². The van der Waals surface area contributed by atoms with Crippen molar-refractivity contribution in [2.45, 2.75) is 13.0 Å². The van der Waals surface area contributed by atoms with Crippen LogP contribution in [-0.2, 0) is 17.8 Å². The van der Waals surface area contributed by atoms with E-state index in [9.17, 15) is 13.6 Å². The van der Waals surface area contributed by atoms with Crippen molar-refractivity contribution < 1.29 is 13.6 Å². The number of thiazole rings is 1. The molecule has 1 aromatic carbocycles. The smallest absolute Gasteiger partial charge is 0.228 e. The van der Waals surface area contributed by atoms with E-state index in [0.717, 1.165) is 6.07 Å². The number of amides is 1. The van der Waals surface area contributed by atoms with E-state index in [-0.39, 0.29) is 24.4 Å². The maximum atomic E-state index is 13.7. The fraction of sp³-hybridized carbons (Fsp3) is 0.200. The molecule has 0 fully saturated rings. The van der Waals surface area contributed by atoms with Crippen LogP contribution in [0.25, 0.3) is 10.8 Å². The summed E-state index contributed by atoms with van der Waals surface area (Å²) in [5, 5.41) is 8.86. The van der Waals surface area contributed by atoms with Gasteiger partial charge in [-0.3, -0.25) is 9.89 Å². The van der Waals surface area contributed by atoms with Gasteiger partial charge < -0.3 is 4.90 Å². The Labute approximate surface area is 140 Å². The summed E-state index contributed by atoms with van der Waals surface area (Å²) in [6.45, 7) is 0.0596. The van der Waals surface area contributed by atoms with Crippen LogP contribution in [0, 0.1) is 11.6 Å². The van der Waals surface area contributed by atoms with Gasteiger partial charge in [0, 0.05) is 30.6 Å². The molecule has 0 radical (unpaired) electrons. The molecule has 1 amide bonds. The lowest BCUT2D eigenvalue weighted by Gasteiger charge is -2.17. The molecule has 24 heavy (non-hydrogen) atoms. The van der Waals surface area contributed by atoms with Crippen LogP contribution >= 0.6 is 11.3 Å². The normalized spacial score (nSPS) is 10.8. The number of nitrogens with one attached hydrogen (secondary N) is 1. The molecule has 0 saturated carbocycles. The number of hydrogen-bond donors (Lipinski definition) is 1. The molecular weight excluding hydrogens is 336 g/mol. The lowest BCUT2D eigenvalue weighted by atomic mass is 10.2. The summed E-state index contributed by atoms with van der Waals surface area (Å²) in [7, 11) is 1.56. The van der Waals surface area contributed by atoms with E-state index in [2.05, 4.69) is 20.2 Å². The molecule has 6 nitrogen and oxygen atoms in total. The Morgan fingerprint density at radius 3 is 2.92 bits per heavy atom. The van der Waals surface area contributed by atoms with Gasteiger partial charge in [-0.1, -0.05) is 6.07 Å². The van der Waals surface area contributed by atoms with Crippen molar-refractivity contribution in [3.8, 4) is 10.8 Å². The van der Waals surface area contributed by atoms with Gasteiger partial charge in [0.2, 0.25) is 5.91 Å². The number of nitrogens with zero attached hydrogens (tertiary/aromatic N) is 4. The summed E-state index contributed by atoms with van der Waals surface area (Å²) >= 11 is 1.35. The molecule has 3 aromatic rings. The van der Waals surface area contributed by atoms with Crippen LogP contribution in [-0.4, -0.2) is 38.0 Å². The second kappa shape index (κ2) is 6.83. The second-order valence-electron chi connectivity index (χ2n) is 5.14. The molecule has 0 aliphatic heterocycles. The first-order valence-corrected chi connectivity index (χ1v) is 7.89. The Balaban J connectivity index is 1.64. The summed E-state index contributed by atoms with van der Waals surface area (Å²) in [6.07, 6.45) is 1.47. The number of carbonyl (C=O) groups is 1. The lowest BCUT2D eigenvalue weighted by Crippen LogP contribution is -2.28. The zero-order valence-electron chi connectivity index (χ0n) is 12.7. The standard InChI is InChI=1S/C15H13F2N5OS/c1-22(6-9-2-3-10(16)4-12(9)17)13(23)5-11-7-24-15(20-11)14-18-8-19-21-14/h2-4,7-8H,5-6H2,1H3,(H,18,19,21). The number of likely N-dealkylation sites (N-methyl/N-ethyl adjacent to an activating group) is 1. The summed E-state index contributed by atoms with van der Waals surface area (Å²) in [4.78, 5) is 22.0. The second-order valence-corrected chi connectivity index (χ2v) is 6.00. The van der Waals surface area contributed by atoms with Gasteiger partial charge in [-0.15, -0.1) is 11.3 Å². The largest absolute Gasteiger partial charge is 0.341 e. The van der Waals surface area contributed by atoms with Gasteiger partial charge in [0.1, 0.15) is 18.0 Å². The SMILES string of the molecule is CN(Cc1ccc(F)cc1F)C(=O)Cc1csc(-c2ncn[nH]2)n1. The van der Waals surface area contributed by atoms with Crippen molar-refractivity contribution in [3.05, 3.63) is 52.8 Å². The molecule has 2 heterocycles. The quantitative estimate of drug-likeness (QED) is 0.768. The predicted octanol–water partition coefficient (Wildman–Crippen LogP) is 2.41. The Hall–Kier alpha value is -2.68. The van der Waals surface area contributed by atoms with E-state index in [1.807, 2.05) is 0 Å². The summed E-state index contributed by atoms with van der Waals surface area (Å²) in [6, 6.07) is 3.30. The number of rotatable bonds is 5. The third-order valence-electron chi connectivity index (χ3n) is 3.35. The molecule has 0 bridgehead atoms. The molecule has 2 aromatic heterocycles. The van der Waals surface area contributed by atoms with Crippen molar-refractivity contribution in [2.24, 2.45) is 0 Å². The van der Waals surface area contributed by atoms with E-state index in [1.54, 1.807) is 12.4 Å². The minimum atomic E-state index is -0.670. The maximum Gasteiger partial charge on any atom is 0.228 e. The molecule has 124 valence electrons. The maximum absolute atomic E-state index is 13.7. The topological polar surface area (TPSA) is 74.8 Å². The van der Waals surface area contributed by atoms with Crippen molar-refractivity contribution in [1.82, 2.24) is 25.1 Å². The molecule has 1 N–H and O–H groups in total. The first-order chi connectivity index (χ1) is 11.5. The number of H-pyrrole nitrogens is 1. The molecule has 3 rings (SSSR count). The van der Waals surface area contributed by atoms with E-state index in [0.29, 0.717) is 16.5 Å². The van der Waals surface area contributed by atoms with E-state index in [4.69, 9.17) is 0 Å². The van der Waals surface area contributed by atoms with Crippen molar-refractivity contribution in [2.75, 3.05) is 7.05 Å². The Kier molecular flexibility index (Phi) is 4.61. The van der Waals surface area contributed by atoms with Crippen LogP contribution in [0.1, 0.15) is 11.3 Å². The van der Waals surface area contributed by atoms with Gasteiger partial charge in [0.05, 0.1) is 12.1 Å². The van der Waals surface area contributed by atoms with Crippen LogP contribution < -0.4 is 0 Å². The first kappa shape index (κ1) is 16.2. The third kappa shape index (κ3) is 3.62. The Morgan fingerprint density at radius 2 is 2.21 bits per heavy atom. The number of carbonyl (C=O) groups excluding carboxylic acids is 1. The van der Waals surface area contributed by atoms with Gasteiger partial charge >= 0.3 is 0 Å². The highest BCUT2D eigenvalue weighted by molar-refractivity contribution is 7.13. The van der Waals surface area contributed by atoms with E-state index < -0.39 is 11.6 Å². The molecule has 0 aliphatic rings. The van der Waals surface area contributed by atoms with Crippen LogP contribution in [0.15, 0.2) is 29.9 Å². The Morgan fingerprint density at radius 1 is 1.38 bits per heavy atom.